The lowest BCUT2D eigenvalue weighted by molar-refractivity contribution is -0.114. The number of amides is 1. The molecular weight excluding hydrogens is 347 g/mol. The number of nitrogens with two attached hydrogens (primary N) is 1. The lowest BCUT2D eigenvalue weighted by Gasteiger charge is -2.08. The number of nitriles is 1. The summed E-state index contributed by atoms with van der Waals surface area (Å²) in [5, 5.41) is 8.96. The molecule has 5 heteroatoms. The van der Waals surface area contributed by atoms with E-state index in [-0.39, 0.29) is 11.4 Å². The Hall–Kier alpha value is -2.45. The monoisotopic (exact) mass is 358 g/mol. The van der Waals surface area contributed by atoms with Gasteiger partial charge in [-0.1, -0.05) is 34.1 Å². The number of benzene rings is 2. The molecule has 1 amide bonds. The van der Waals surface area contributed by atoms with E-state index in [9.17, 15) is 9.18 Å². The van der Waals surface area contributed by atoms with Crippen LogP contribution < -0.4 is 5.73 Å². The van der Waals surface area contributed by atoms with Gasteiger partial charge in [-0.3, -0.25) is 4.79 Å². The fourth-order valence-corrected chi connectivity index (χ4v) is 2.42. The third-order valence-electron chi connectivity index (χ3n) is 3.08. The lowest BCUT2D eigenvalue weighted by atomic mass is 9.98. The number of carbonyl (C=O) groups excluding carboxylic acids is 1. The van der Waals surface area contributed by atoms with Crippen molar-refractivity contribution in [2.75, 3.05) is 0 Å². The SMILES string of the molecule is N#C/C(=C\c1cc(Br)ccc1Cc1cccc(F)c1)C(N)=O. The van der Waals surface area contributed by atoms with E-state index in [1.807, 2.05) is 18.2 Å². The molecule has 2 aromatic rings. The highest BCUT2D eigenvalue weighted by atomic mass is 79.9. The maximum absolute atomic E-state index is 13.3. The van der Waals surface area contributed by atoms with E-state index in [0.717, 1.165) is 15.6 Å². The molecule has 0 radical (unpaired) electrons. The van der Waals surface area contributed by atoms with Crippen molar-refractivity contribution in [1.29, 1.82) is 5.26 Å². The fourth-order valence-electron chi connectivity index (χ4n) is 2.04. The van der Waals surface area contributed by atoms with E-state index in [4.69, 9.17) is 11.0 Å². The van der Waals surface area contributed by atoms with Crippen molar-refractivity contribution in [2.45, 2.75) is 6.42 Å². The molecule has 110 valence electrons. The van der Waals surface area contributed by atoms with Crippen molar-refractivity contribution in [2.24, 2.45) is 5.73 Å². The average molecular weight is 359 g/mol. The van der Waals surface area contributed by atoms with Gasteiger partial charge >= 0.3 is 0 Å². The van der Waals surface area contributed by atoms with Crippen molar-refractivity contribution in [3.63, 3.8) is 0 Å². The summed E-state index contributed by atoms with van der Waals surface area (Å²) < 4.78 is 14.1. The zero-order valence-corrected chi connectivity index (χ0v) is 13.1. The molecular formula is C17H12BrFN2O. The molecule has 0 atom stereocenters. The number of hydrogen-bond acceptors (Lipinski definition) is 2. The fraction of sp³-hybridized carbons (Fsp3) is 0.0588. The van der Waals surface area contributed by atoms with Crippen LogP contribution in [0.1, 0.15) is 16.7 Å². The van der Waals surface area contributed by atoms with Gasteiger partial charge in [0, 0.05) is 4.47 Å². The zero-order chi connectivity index (χ0) is 16.1. The Bertz CT molecular complexity index is 793. The number of nitrogens with zero attached hydrogens (tertiary/aromatic N) is 1. The van der Waals surface area contributed by atoms with Crippen LogP contribution in [0.5, 0.6) is 0 Å². The minimum absolute atomic E-state index is 0.126. The van der Waals surface area contributed by atoms with Gasteiger partial charge in [-0.15, -0.1) is 0 Å². The summed E-state index contributed by atoms with van der Waals surface area (Å²) in [7, 11) is 0. The molecule has 2 rings (SSSR count). The molecule has 0 heterocycles. The molecule has 0 aromatic heterocycles. The number of hydrogen-bond donors (Lipinski definition) is 1. The van der Waals surface area contributed by atoms with Crippen LogP contribution in [0.25, 0.3) is 6.08 Å². The van der Waals surface area contributed by atoms with E-state index in [1.54, 1.807) is 18.2 Å². The molecule has 2 aromatic carbocycles. The van der Waals surface area contributed by atoms with Gasteiger partial charge in [0.25, 0.3) is 5.91 Å². The molecule has 0 aliphatic heterocycles. The Labute approximate surface area is 136 Å². The molecule has 0 spiro atoms. The normalized spacial score (nSPS) is 11.0. The van der Waals surface area contributed by atoms with Crippen LogP contribution >= 0.6 is 15.9 Å². The molecule has 0 fully saturated rings. The van der Waals surface area contributed by atoms with Crippen LogP contribution in [-0.4, -0.2) is 5.91 Å². The average Bonchev–Trinajstić information content (AvgIpc) is 2.47. The first-order chi connectivity index (χ1) is 10.5. The molecule has 0 aliphatic carbocycles. The van der Waals surface area contributed by atoms with Gasteiger partial charge in [-0.25, -0.2) is 4.39 Å². The first-order valence-corrected chi connectivity index (χ1v) is 7.23. The van der Waals surface area contributed by atoms with Crippen LogP contribution in [0.15, 0.2) is 52.5 Å². The molecule has 0 saturated carbocycles. The Morgan fingerprint density at radius 1 is 1.32 bits per heavy atom. The second-order valence-electron chi connectivity index (χ2n) is 4.68. The third-order valence-corrected chi connectivity index (χ3v) is 3.57. The second kappa shape index (κ2) is 7.01. The van der Waals surface area contributed by atoms with E-state index >= 15 is 0 Å². The summed E-state index contributed by atoms with van der Waals surface area (Å²) in [6, 6.07) is 13.6. The predicted molar refractivity (Wildman–Crippen MR) is 86.1 cm³/mol. The smallest absolute Gasteiger partial charge is 0.259 e. The number of halogens is 2. The summed E-state index contributed by atoms with van der Waals surface area (Å²) in [5.74, 6) is -1.08. The third kappa shape index (κ3) is 4.03. The molecule has 2 N–H and O–H groups in total. The topological polar surface area (TPSA) is 66.9 Å². The minimum atomic E-state index is -0.779. The number of carbonyl (C=O) groups is 1. The molecule has 3 nitrogen and oxygen atoms in total. The molecule has 22 heavy (non-hydrogen) atoms. The van der Waals surface area contributed by atoms with Crippen LogP contribution in [0, 0.1) is 17.1 Å². The van der Waals surface area contributed by atoms with Gasteiger partial charge in [-0.2, -0.15) is 5.26 Å². The standard InChI is InChI=1S/C17H12BrFN2O/c18-15-5-4-12(6-11-2-1-3-16(19)7-11)13(9-15)8-14(10-20)17(21)22/h1-5,7-9H,6H2,(H2,21,22)/b14-8+. The van der Waals surface area contributed by atoms with E-state index in [1.165, 1.54) is 18.2 Å². The quantitative estimate of drug-likeness (QED) is 0.670. The van der Waals surface area contributed by atoms with Gasteiger partial charge in [0.2, 0.25) is 0 Å². The van der Waals surface area contributed by atoms with Gasteiger partial charge in [0.1, 0.15) is 17.5 Å². The van der Waals surface area contributed by atoms with Crippen molar-refractivity contribution >= 4 is 27.9 Å². The highest BCUT2D eigenvalue weighted by molar-refractivity contribution is 9.10. The first-order valence-electron chi connectivity index (χ1n) is 6.44. The Balaban J connectivity index is 2.44. The first kappa shape index (κ1) is 15.9. The largest absolute Gasteiger partial charge is 0.365 e. The van der Waals surface area contributed by atoms with Crippen molar-refractivity contribution < 1.29 is 9.18 Å². The number of rotatable bonds is 4. The van der Waals surface area contributed by atoms with E-state index in [0.29, 0.717) is 12.0 Å². The highest BCUT2D eigenvalue weighted by Crippen LogP contribution is 2.22. The van der Waals surface area contributed by atoms with Gasteiger partial charge in [-0.05, 0) is 53.5 Å². The predicted octanol–water partition coefficient (Wildman–Crippen LogP) is 3.57. The highest BCUT2D eigenvalue weighted by Gasteiger charge is 2.08. The summed E-state index contributed by atoms with van der Waals surface area (Å²) >= 11 is 3.35. The summed E-state index contributed by atoms with van der Waals surface area (Å²) in [6.45, 7) is 0. The maximum Gasteiger partial charge on any atom is 0.259 e. The van der Waals surface area contributed by atoms with Crippen LogP contribution in [0.3, 0.4) is 0 Å². The summed E-state index contributed by atoms with van der Waals surface area (Å²) in [6.07, 6.45) is 1.93. The van der Waals surface area contributed by atoms with Crippen molar-refractivity contribution in [3.05, 3.63) is 75.0 Å². The van der Waals surface area contributed by atoms with Gasteiger partial charge < -0.3 is 5.73 Å². The van der Waals surface area contributed by atoms with Crippen LogP contribution in [0.4, 0.5) is 4.39 Å². The van der Waals surface area contributed by atoms with Gasteiger partial charge in [0.05, 0.1) is 0 Å². The van der Waals surface area contributed by atoms with E-state index in [2.05, 4.69) is 15.9 Å². The molecule has 0 bridgehead atoms. The van der Waals surface area contributed by atoms with Crippen molar-refractivity contribution in [3.8, 4) is 6.07 Å². The summed E-state index contributed by atoms with van der Waals surface area (Å²) in [5.41, 5.74) is 7.39. The molecule has 0 saturated heterocycles. The molecule has 0 unspecified atom stereocenters. The maximum atomic E-state index is 13.3. The minimum Gasteiger partial charge on any atom is -0.365 e. The van der Waals surface area contributed by atoms with Crippen LogP contribution in [-0.2, 0) is 11.2 Å². The molecule has 0 aliphatic rings. The number of primary amides is 1. The van der Waals surface area contributed by atoms with Crippen LogP contribution in [0.2, 0.25) is 0 Å². The lowest BCUT2D eigenvalue weighted by Crippen LogP contribution is -2.12. The second-order valence-corrected chi connectivity index (χ2v) is 5.60. The summed E-state index contributed by atoms with van der Waals surface area (Å²) in [4.78, 5) is 11.2. The Morgan fingerprint density at radius 3 is 2.73 bits per heavy atom. The van der Waals surface area contributed by atoms with E-state index < -0.39 is 5.91 Å². The Morgan fingerprint density at radius 2 is 2.09 bits per heavy atom. The zero-order valence-electron chi connectivity index (χ0n) is 11.5. The van der Waals surface area contributed by atoms with Crippen molar-refractivity contribution in [1.82, 2.24) is 0 Å². The Kier molecular flexibility index (Phi) is 5.08. The van der Waals surface area contributed by atoms with Gasteiger partial charge in [0.15, 0.2) is 0 Å².